The van der Waals surface area contributed by atoms with E-state index in [9.17, 15) is 0 Å². The highest BCUT2D eigenvalue weighted by molar-refractivity contribution is 7.12. The van der Waals surface area contributed by atoms with Gasteiger partial charge in [0.05, 0.1) is 0 Å². The third-order valence-electron chi connectivity index (χ3n) is 1.69. The van der Waals surface area contributed by atoms with Gasteiger partial charge in [-0.1, -0.05) is 11.3 Å². The first kappa shape index (κ1) is 6.09. The van der Waals surface area contributed by atoms with Crippen molar-refractivity contribution in [2.45, 2.75) is 12.8 Å². The number of rotatable bonds is 1. The molecule has 0 spiro atoms. The Morgan fingerprint density at radius 1 is 1.40 bits per heavy atom. The summed E-state index contributed by atoms with van der Waals surface area (Å²) >= 11 is 1.50. The van der Waals surface area contributed by atoms with Crippen LogP contribution in [0.4, 0.5) is 5.13 Å². The third-order valence-corrected chi connectivity index (χ3v) is 2.39. The fourth-order valence-corrected chi connectivity index (χ4v) is 1.74. The minimum atomic E-state index is 1.03. The molecule has 1 aromatic rings. The van der Waals surface area contributed by atoms with Crippen molar-refractivity contribution in [3.63, 3.8) is 0 Å². The maximum absolute atomic E-state index is 3.94. The molecule has 10 heavy (non-hydrogen) atoms. The van der Waals surface area contributed by atoms with Crippen LogP contribution in [0.15, 0.2) is 0 Å². The van der Waals surface area contributed by atoms with Gasteiger partial charge in [-0.2, -0.15) is 0 Å². The molecule has 1 aromatic heterocycles. The number of anilines is 1. The molecule has 1 aliphatic rings. The lowest BCUT2D eigenvalue weighted by Gasteiger charge is -2.10. The van der Waals surface area contributed by atoms with Gasteiger partial charge in [-0.05, 0) is 12.8 Å². The molecule has 53 valence electrons. The largest absolute Gasteiger partial charge is 0.347 e. The van der Waals surface area contributed by atoms with Crippen LogP contribution in [0.1, 0.15) is 12.8 Å². The van der Waals surface area contributed by atoms with Crippen molar-refractivity contribution in [1.29, 1.82) is 0 Å². The van der Waals surface area contributed by atoms with Crippen LogP contribution in [0, 0.1) is 5.51 Å². The highest BCUT2D eigenvalue weighted by Gasteiger charge is 2.14. The van der Waals surface area contributed by atoms with Gasteiger partial charge in [0, 0.05) is 13.1 Å². The molecule has 2 heterocycles. The second kappa shape index (κ2) is 2.54. The smallest absolute Gasteiger partial charge is 0.208 e. The number of hydrogen-bond donors (Lipinski definition) is 0. The Morgan fingerprint density at radius 2 is 2.20 bits per heavy atom. The minimum absolute atomic E-state index is 1.03. The molecule has 4 heteroatoms. The summed E-state index contributed by atoms with van der Waals surface area (Å²) in [7, 11) is 0. The Balaban J connectivity index is 2.12. The molecule has 1 fully saturated rings. The van der Waals surface area contributed by atoms with Gasteiger partial charge in [0.1, 0.15) is 0 Å². The van der Waals surface area contributed by atoms with Gasteiger partial charge >= 0.3 is 0 Å². The van der Waals surface area contributed by atoms with E-state index in [0.717, 1.165) is 18.2 Å². The fraction of sp³-hybridized carbons (Fsp3) is 0.667. The zero-order valence-corrected chi connectivity index (χ0v) is 6.39. The maximum Gasteiger partial charge on any atom is 0.208 e. The van der Waals surface area contributed by atoms with Crippen LogP contribution in [-0.4, -0.2) is 23.3 Å². The van der Waals surface area contributed by atoms with Crippen molar-refractivity contribution < 1.29 is 0 Å². The molecule has 0 atom stereocenters. The molecule has 0 amide bonds. The molecule has 0 bridgehead atoms. The Bertz CT molecular complexity index is 191. The molecular weight excluding hydrogens is 146 g/mol. The minimum Gasteiger partial charge on any atom is -0.347 e. The summed E-state index contributed by atoms with van der Waals surface area (Å²) in [6, 6.07) is 0. The van der Waals surface area contributed by atoms with Crippen LogP contribution < -0.4 is 4.90 Å². The van der Waals surface area contributed by atoms with E-state index in [1.807, 2.05) is 0 Å². The predicted octanol–water partition coefficient (Wildman–Crippen LogP) is 0.938. The fourth-order valence-electron chi connectivity index (χ4n) is 1.18. The summed E-state index contributed by atoms with van der Waals surface area (Å²) in [5.41, 5.74) is 2.75. The predicted molar refractivity (Wildman–Crippen MR) is 40.2 cm³/mol. The SMILES string of the molecule is [c]1nnc(N2CCCC2)s1. The summed E-state index contributed by atoms with van der Waals surface area (Å²) in [5.74, 6) is 0. The van der Waals surface area contributed by atoms with Gasteiger partial charge in [0.2, 0.25) is 5.13 Å². The highest BCUT2D eigenvalue weighted by Crippen LogP contribution is 2.19. The molecule has 0 aliphatic carbocycles. The normalized spacial score (nSPS) is 18.2. The van der Waals surface area contributed by atoms with Crippen LogP contribution in [-0.2, 0) is 0 Å². The summed E-state index contributed by atoms with van der Waals surface area (Å²) in [5, 5.41) is 8.63. The number of nitrogens with zero attached hydrogens (tertiary/aromatic N) is 3. The Labute approximate surface area is 63.7 Å². The average Bonchev–Trinajstić information content (AvgIpc) is 2.59. The number of aromatic nitrogens is 2. The van der Waals surface area contributed by atoms with Crippen LogP contribution in [0.3, 0.4) is 0 Å². The van der Waals surface area contributed by atoms with E-state index in [2.05, 4.69) is 20.6 Å². The lowest BCUT2D eigenvalue weighted by Crippen LogP contribution is -2.17. The maximum atomic E-state index is 3.94. The zero-order valence-electron chi connectivity index (χ0n) is 5.58. The zero-order chi connectivity index (χ0) is 6.81. The molecule has 2 rings (SSSR count). The van der Waals surface area contributed by atoms with Crippen LogP contribution in [0.5, 0.6) is 0 Å². The van der Waals surface area contributed by atoms with E-state index >= 15 is 0 Å². The number of hydrogen-bond acceptors (Lipinski definition) is 4. The van der Waals surface area contributed by atoms with Crippen LogP contribution >= 0.6 is 11.3 Å². The van der Waals surface area contributed by atoms with Gasteiger partial charge in [-0.15, -0.1) is 10.2 Å². The highest BCUT2D eigenvalue weighted by atomic mass is 32.1. The first-order chi connectivity index (χ1) is 4.97. The van der Waals surface area contributed by atoms with Crippen molar-refractivity contribution in [2.24, 2.45) is 0 Å². The van der Waals surface area contributed by atoms with Gasteiger partial charge in [0.15, 0.2) is 5.51 Å². The molecule has 1 radical (unpaired) electrons. The van der Waals surface area contributed by atoms with Gasteiger partial charge < -0.3 is 4.90 Å². The topological polar surface area (TPSA) is 29.0 Å². The van der Waals surface area contributed by atoms with E-state index in [1.165, 1.54) is 24.2 Å². The molecule has 0 unspecified atom stereocenters. The van der Waals surface area contributed by atoms with E-state index in [4.69, 9.17) is 0 Å². The summed E-state index contributed by atoms with van der Waals surface area (Å²) in [6.45, 7) is 2.28. The Morgan fingerprint density at radius 3 is 2.80 bits per heavy atom. The van der Waals surface area contributed by atoms with Crippen molar-refractivity contribution in [3.05, 3.63) is 5.51 Å². The van der Waals surface area contributed by atoms with Crippen LogP contribution in [0.2, 0.25) is 0 Å². The monoisotopic (exact) mass is 154 g/mol. The van der Waals surface area contributed by atoms with Crippen molar-refractivity contribution in [3.8, 4) is 0 Å². The van der Waals surface area contributed by atoms with Gasteiger partial charge in [-0.25, -0.2) is 0 Å². The van der Waals surface area contributed by atoms with Crippen molar-refractivity contribution in [2.75, 3.05) is 18.0 Å². The van der Waals surface area contributed by atoms with Gasteiger partial charge in [0.25, 0.3) is 0 Å². The summed E-state index contributed by atoms with van der Waals surface area (Å²) < 4.78 is 0. The standard InChI is InChI=1S/C6H8N3S/c1-2-4-9(3-1)6-8-7-5-10-6/h1-4H2. The Kier molecular flexibility index (Phi) is 1.55. The Hall–Kier alpha value is -0.640. The molecular formula is C6H8N3S. The lowest BCUT2D eigenvalue weighted by molar-refractivity contribution is 0.927. The van der Waals surface area contributed by atoms with E-state index in [0.29, 0.717) is 0 Å². The van der Waals surface area contributed by atoms with E-state index < -0.39 is 0 Å². The summed E-state index contributed by atoms with van der Waals surface area (Å²) in [6.07, 6.45) is 2.58. The second-order valence-electron chi connectivity index (χ2n) is 2.37. The van der Waals surface area contributed by atoms with Crippen molar-refractivity contribution >= 4 is 16.5 Å². The third kappa shape index (κ3) is 0.988. The molecule has 0 N–H and O–H groups in total. The first-order valence-electron chi connectivity index (χ1n) is 3.41. The van der Waals surface area contributed by atoms with Gasteiger partial charge in [-0.3, -0.25) is 0 Å². The average molecular weight is 154 g/mol. The lowest BCUT2D eigenvalue weighted by atomic mass is 10.4. The quantitative estimate of drug-likeness (QED) is 0.602. The van der Waals surface area contributed by atoms with E-state index in [1.54, 1.807) is 0 Å². The molecule has 1 saturated heterocycles. The molecule has 1 aliphatic heterocycles. The second-order valence-corrected chi connectivity index (χ2v) is 3.12. The van der Waals surface area contributed by atoms with Crippen LogP contribution in [0.25, 0.3) is 0 Å². The molecule has 3 nitrogen and oxygen atoms in total. The van der Waals surface area contributed by atoms with E-state index in [-0.39, 0.29) is 0 Å². The first-order valence-corrected chi connectivity index (χ1v) is 4.23. The molecule has 0 aromatic carbocycles. The summed E-state index contributed by atoms with van der Waals surface area (Å²) in [4.78, 5) is 2.26. The molecule has 0 saturated carbocycles. The van der Waals surface area contributed by atoms with Crippen molar-refractivity contribution in [1.82, 2.24) is 10.2 Å².